The van der Waals surface area contributed by atoms with Gasteiger partial charge < -0.3 is 15.4 Å². The van der Waals surface area contributed by atoms with E-state index in [1.807, 2.05) is 6.07 Å². The summed E-state index contributed by atoms with van der Waals surface area (Å²) in [6.45, 7) is 0. The van der Waals surface area contributed by atoms with Gasteiger partial charge in [-0.15, -0.1) is 11.8 Å². The molecule has 0 saturated heterocycles. The number of thioether (sulfide) groups is 1. The van der Waals surface area contributed by atoms with E-state index in [2.05, 4.69) is 10.6 Å². The van der Waals surface area contributed by atoms with Crippen molar-refractivity contribution in [3.63, 3.8) is 0 Å². The standard InChI is InChI=1S/C31H25FN2O4S/c1-38-25-14-7-12-23(17-25)29(35)20-39-26-15-8-13-24(19-26)33-31(37)28(18-22-11-5-6-16-27(22)32)34-30(36)21-9-3-2-4-10-21/h2-19H,20H2,1H3,(H,33,37)(H,34,36)/b28-18-. The summed E-state index contributed by atoms with van der Waals surface area (Å²) >= 11 is 1.32. The van der Waals surface area contributed by atoms with Crippen LogP contribution in [0.3, 0.4) is 0 Å². The Hall–Kier alpha value is -4.69. The lowest BCUT2D eigenvalue weighted by Gasteiger charge is -2.12. The number of amides is 2. The second-order valence-corrected chi connectivity index (χ2v) is 9.37. The second kappa shape index (κ2) is 13.2. The molecule has 6 nitrogen and oxygen atoms in total. The van der Waals surface area contributed by atoms with Crippen LogP contribution in [0.15, 0.2) is 114 Å². The van der Waals surface area contributed by atoms with E-state index in [1.165, 1.54) is 36.0 Å². The number of carbonyl (C=O) groups excluding carboxylic acids is 3. The van der Waals surface area contributed by atoms with Gasteiger partial charge in [0.15, 0.2) is 5.78 Å². The molecule has 2 N–H and O–H groups in total. The molecule has 39 heavy (non-hydrogen) atoms. The van der Waals surface area contributed by atoms with Crippen LogP contribution in [-0.2, 0) is 4.79 Å². The van der Waals surface area contributed by atoms with Crippen molar-refractivity contribution in [2.45, 2.75) is 4.90 Å². The molecule has 8 heteroatoms. The molecular formula is C31H25FN2O4S. The molecule has 4 rings (SSSR count). The molecule has 0 aliphatic carbocycles. The van der Waals surface area contributed by atoms with Crippen molar-refractivity contribution in [2.75, 3.05) is 18.2 Å². The predicted octanol–water partition coefficient (Wildman–Crippen LogP) is 6.22. The minimum absolute atomic E-state index is 0.0629. The zero-order chi connectivity index (χ0) is 27.6. The molecule has 2 amide bonds. The molecule has 0 unspecified atom stereocenters. The Bertz CT molecular complexity index is 1520. The van der Waals surface area contributed by atoms with Crippen molar-refractivity contribution in [2.24, 2.45) is 0 Å². The van der Waals surface area contributed by atoms with E-state index in [0.29, 0.717) is 22.6 Å². The van der Waals surface area contributed by atoms with Crippen molar-refractivity contribution >= 4 is 41.1 Å². The number of hydrogen-bond donors (Lipinski definition) is 2. The van der Waals surface area contributed by atoms with Gasteiger partial charge in [-0.2, -0.15) is 0 Å². The Morgan fingerprint density at radius 3 is 2.33 bits per heavy atom. The van der Waals surface area contributed by atoms with Gasteiger partial charge in [-0.1, -0.05) is 54.6 Å². The highest BCUT2D eigenvalue weighted by molar-refractivity contribution is 8.00. The second-order valence-electron chi connectivity index (χ2n) is 8.33. The molecule has 196 valence electrons. The molecule has 4 aromatic rings. The minimum atomic E-state index is -0.628. The third-order valence-electron chi connectivity index (χ3n) is 5.59. The molecule has 0 bridgehead atoms. The Morgan fingerprint density at radius 1 is 0.846 bits per heavy atom. The summed E-state index contributed by atoms with van der Waals surface area (Å²) in [4.78, 5) is 39.4. The van der Waals surface area contributed by atoms with Crippen molar-refractivity contribution < 1.29 is 23.5 Å². The molecule has 4 aromatic carbocycles. The van der Waals surface area contributed by atoms with E-state index in [9.17, 15) is 18.8 Å². The largest absolute Gasteiger partial charge is 0.497 e. The lowest BCUT2D eigenvalue weighted by molar-refractivity contribution is -0.113. The van der Waals surface area contributed by atoms with Gasteiger partial charge in [-0.3, -0.25) is 14.4 Å². The number of nitrogens with one attached hydrogen (secondary N) is 2. The normalized spacial score (nSPS) is 11.0. The molecule has 0 radical (unpaired) electrons. The van der Waals surface area contributed by atoms with E-state index >= 15 is 0 Å². The summed E-state index contributed by atoms with van der Waals surface area (Å²) in [5, 5.41) is 5.35. The average molecular weight is 541 g/mol. The van der Waals surface area contributed by atoms with E-state index in [4.69, 9.17) is 4.74 Å². The number of Topliss-reactive ketones (excluding diaryl/α,β-unsaturated/α-hetero) is 1. The molecule has 0 spiro atoms. The number of ether oxygens (including phenoxy) is 1. The topological polar surface area (TPSA) is 84.5 Å². The van der Waals surface area contributed by atoms with Crippen LogP contribution in [-0.4, -0.2) is 30.5 Å². The Kier molecular flexibility index (Phi) is 9.26. The number of hydrogen-bond acceptors (Lipinski definition) is 5. The van der Waals surface area contributed by atoms with Crippen molar-refractivity contribution in [3.05, 3.63) is 131 Å². The molecule has 0 fully saturated rings. The number of benzene rings is 4. The van der Waals surface area contributed by atoms with Gasteiger partial charge in [0, 0.05) is 27.3 Å². The van der Waals surface area contributed by atoms with E-state index < -0.39 is 17.6 Å². The number of anilines is 1. The summed E-state index contributed by atoms with van der Waals surface area (Å²) in [6, 6.07) is 28.3. The first-order valence-electron chi connectivity index (χ1n) is 12.0. The van der Waals surface area contributed by atoms with Crippen molar-refractivity contribution in [1.82, 2.24) is 5.32 Å². The number of ketones is 1. The van der Waals surface area contributed by atoms with Crippen LogP contribution < -0.4 is 15.4 Å². The van der Waals surface area contributed by atoms with Crippen LogP contribution in [0, 0.1) is 5.82 Å². The van der Waals surface area contributed by atoms with Gasteiger partial charge in [0.05, 0.1) is 12.9 Å². The van der Waals surface area contributed by atoms with Crippen LogP contribution in [0.1, 0.15) is 26.3 Å². The maximum absolute atomic E-state index is 14.3. The molecule has 0 atom stereocenters. The van der Waals surface area contributed by atoms with Gasteiger partial charge in [0.2, 0.25) is 0 Å². The highest BCUT2D eigenvalue weighted by atomic mass is 32.2. The van der Waals surface area contributed by atoms with Gasteiger partial charge in [0.1, 0.15) is 17.3 Å². The van der Waals surface area contributed by atoms with Crippen LogP contribution in [0.4, 0.5) is 10.1 Å². The Labute approximate surface area is 229 Å². The maximum Gasteiger partial charge on any atom is 0.272 e. The molecule has 0 aliphatic rings. The summed E-state index contributed by atoms with van der Waals surface area (Å²) in [6.07, 6.45) is 1.29. The molecule has 0 saturated carbocycles. The highest BCUT2D eigenvalue weighted by Gasteiger charge is 2.16. The fourth-order valence-electron chi connectivity index (χ4n) is 3.58. The predicted molar refractivity (Wildman–Crippen MR) is 151 cm³/mol. The van der Waals surface area contributed by atoms with Crippen LogP contribution in [0.25, 0.3) is 6.08 Å². The third-order valence-corrected chi connectivity index (χ3v) is 6.58. The molecule has 0 heterocycles. The van der Waals surface area contributed by atoms with Gasteiger partial charge >= 0.3 is 0 Å². The van der Waals surface area contributed by atoms with Gasteiger partial charge in [-0.05, 0) is 54.6 Å². The first-order chi connectivity index (χ1) is 18.9. The average Bonchev–Trinajstić information content (AvgIpc) is 2.97. The summed E-state index contributed by atoms with van der Waals surface area (Å²) in [7, 11) is 1.54. The summed E-state index contributed by atoms with van der Waals surface area (Å²) < 4.78 is 19.5. The number of halogens is 1. The number of carbonyl (C=O) groups is 3. The zero-order valence-corrected chi connectivity index (χ0v) is 21.8. The van der Waals surface area contributed by atoms with E-state index in [1.54, 1.807) is 86.0 Å². The van der Waals surface area contributed by atoms with E-state index in [-0.39, 0.29) is 22.8 Å². The van der Waals surface area contributed by atoms with Gasteiger partial charge in [0.25, 0.3) is 11.8 Å². The third kappa shape index (κ3) is 7.66. The lowest BCUT2D eigenvalue weighted by atomic mass is 10.1. The Balaban J connectivity index is 1.49. The van der Waals surface area contributed by atoms with Crippen LogP contribution in [0.5, 0.6) is 5.75 Å². The Morgan fingerprint density at radius 2 is 1.56 bits per heavy atom. The zero-order valence-electron chi connectivity index (χ0n) is 21.0. The van der Waals surface area contributed by atoms with Crippen LogP contribution in [0.2, 0.25) is 0 Å². The molecule has 0 aliphatic heterocycles. The summed E-state index contributed by atoms with van der Waals surface area (Å²) in [5.41, 5.74) is 1.37. The fourth-order valence-corrected chi connectivity index (χ4v) is 4.43. The highest BCUT2D eigenvalue weighted by Crippen LogP contribution is 2.24. The van der Waals surface area contributed by atoms with Crippen molar-refractivity contribution in [3.8, 4) is 5.75 Å². The monoisotopic (exact) mass is 540 g/mol. The minimum Gasteiger partial charge on any atom is -0.497 e. The van der Waals surface area contributed by atoms with Crippen molar-refractivity contribution in [1.29, 1.82) is 0 Å². The maximum atomic E-state index is 14.3. The van der Waals surface area contributed by atoms with Gasteiger partial charge in [-0.25, -0.2) is 4.39 Å². The smallest absolute Gasteiger partial charge is 0.272 e. The molecular weight excluding hydrogens is 515 g/mol. The van der Waals surface area contributed by atoms with Crippen LogP contribution >= 0.6 is 11.8 Å². The quantitative estimate of drug-likeness (QED) is 0.142. The fraction of sp³-hybridized carbons (Fsp3) is 0.0645. The molecule has 0 aromatic heterocycles. The number of methoxy groups -OCH3 is 1. The number of rotatable bonds is 10. The SMILES string of the molecule is COc1cccc(C(=O)CSc2cccc(NC(=O)/C(=C/c3ccccc3F)NC(=O)c3ccccc3)c2)c1. The van der Waals surface area contributed by atoms with E-state index in [0.717, 1.165) is 4.90 Å². The summed E-state index contributed by atoms with van der Waals surface area (Å²) in [5.74, 6) is -0.932. The first-order valence-corrected chi connectivity index (χ1v) is 13.0. The lowest BCUT2D eigenvalue weighted by Crippen LogP contribution is -2.30. The first kappa shape index (κ1) is 27.3.